The van der Waals surface area contributed by atoms with Crippen LogP contribution in [0.25, 0.3) is 0 Å². The first-order chi connectivity index (χ1) is 8.55. The van der Waals surface area contributed by atoms with Crippen LogP contribution < -0.4 is 5.73 Å². The SMILES string of the molecule is N#Cc1ccc(N)c(S(=O)(=O)c2ccccc2)c1. The normalized spacial score (nSPS) is 10.8. The molecular formula is C13H10N2O2S. The van der Waals surface area contributed by atoms with E-state index in [1.54, 1.807) is 18.2 Å². The van der Waals surface area contributed by atoms with Gasteiger partial charge in [-0.15, -0.1) is 0 Å². The predicted octanol–water partition coefficient (Wildman–Crippen LogP) is 1.97. The third-order valence-corrected chi connectivity index (χ3v) is 4.31. The monoisotopic (exact) mass is 258 g/mol. The molecule has 2 aromatic carbocycles. The molecule has 0 radical (unpaired) electrons. The second-order valence-corrected chi connectivity index (χ2v) is 5.60. The van der Waals surface area contributed by atoms with Crippen molar-refractivity contribution in [1.29, 1.82) is 5.26 Å². The lowest BCUT2D eigenvalue weighted by Gasteiger charge is -2.07. The number of benzene rings is 2. The summed E-state index contributed by atoms with van der Waals surface area (Å²) in [5.41, 5.74) is 6.08. The molecule has 0 unspecified atom stereocenters. The number of hydrogen-bond acceptors (Lipinski definition) is 4. The van der Waals surface area contributed by atoms with Crippen molar-refractivity contribution >= 4 is 15.5 Å². The van der Waals surface area contributed by atoms with Gasteiger partial charge < -0.3 is 5.73 Å². The summed E-state index contributed by atoms with van der Waals surface area (Å²) in [5.74, 6) is 0. The Morgan fingerprint density at radius 1 is 1.06 bits per heavy atom. The molecule has 2 rings (SSSR count). The number of rotatable bonds is 2. The van der Waals surface area contributed by atoms with Crippen LogP contribution in [0.5, 0.6) is 0 Å². The van der Waals surface area contributed by atoms with Crippen LogP contribution in [0, 0.1) is 11.3 Å². The van der Waals surface area contributed by atoms with Crippen LogP contribution in [0.4, 0.5) is 5.69 Å². The first kappa shape index (κ1) is 12.1. The molecule has 0 saturated heterocycles. The molecule has 0 amide bonds. The zero-order chi connectivity index (χ0) is 13.2. The number of hydrogen-bond donors (Lipinski definition) is 1. The fourth-order valence-electron chi connectivity index (χ4n) is 1.56. The minimum absolute atomic E-state index is 0.0345. The summed E-state index contributed by atoms with van der Waals surface area (Å²) >= 11 is 0. The summed E-state index contributed by atoms with van der Waals surface area (Å²) in [6, 6.07) is 14.1. The molecule has 0 fully saturated rings. The van der Waals surface area contributed by atoms with Crippen LogP contribution in [-0.4, -0.2) is 8.42 Å². The van der Waals surface area contributed by atoms with E-state index in [1.165, 1.54) is 30.3 Å². The third-order valence-electron chi connectivity index (χ3n) is 2.49. The van der Waals surface area contributed by atoms with E-state index >= 15 is 0 Å². The molecule has 4 nitrogen and oxygen atoms in total. The Labute approximate surface area is 105 Å². The second-order valence-electron chi connectivity index (χ2n) is 3.68. The van der Waals surface area contributed by atoms with E-state index in [1.807, 2.05) is 6.07 Å². The van der Waals surface area contributed by atoms with Gasteiger partial charge in [-0.05, 0) is 30.3 Å². The van der Waals surface area contributed by atoms with E-state index < -0.39 is 9.84 Å². The van der Waals surface area contributed by atoms with Crippen molar-refractivity contribution in [3.05, 3.63) is 54.1 Å². The van der Waals surface area contributed by atoms with Crippen molar-refractivity contribution in [2.24, 2.45) is 0 Å². The van der Waals surface area contributed by atoms with E-state index in [9.17, 15) is 8.42 Å². The van der Waals surface area contributed by atoms with Crippen LogP contribution in [0.3, 0.4) is 0 Å². The van der Waals surface area contributed by atoms with Crippen molar-refractivity contribution in [3.8, 4) is 6.07 Å². The Hall–Kier alpha value is -2.32. The number of sulfone groups is 1. The molecule has 2 aromatic rings. The minimum atomic E-state index is -3.68. The highest BCUT2D eigenvalue weighted by molar-refractivity contribution is 7.91. The lowest BCUT2D eigenvalue weighted by molar-refractivity contribution is 0.596. The average molecular weight is 258 g/mol. The van der Waals surface area contributed by atoms with Crippen LogP contribution in [-0.2, 0) is 9.84 Å². The fourth-order valence-corrected chi connectivity index (χ4v) is 2.99. The summed E-state index contributed by atoms with van der Waals surface area (Å²) in [7, 11) is -3.68. The molecule has 0 aromatic heterocycles. The number of nitriles is 1. The molecule has 0 aliphatic heterocycles. The van der Waals surface area contributed by atoms with Gasteiger partial charge in [0.2, 0.25) is 9.84 Å². The van der Waals surface area contributed by atoms with Gasteiger partial charge >= 0.3 is 0 Å². The molecule has 5 heteroatoms. The molecule has 0 spiro atoms. The van der Waals surface area contributed by atoms with Gasteiger partial charge in [0, 0.05) is 0 Å². The van der Waals surface area contributed by atoms with Gasteiger partial charge in [0.05, 0.1) is 27.1 Å². The van der Waals surface area contributed by atoms with E-state index in [0.717, 1.165) is 0 Å². The maximum atomic E-state index is 12.3. The van der Waals surface area contributed by atoms with Crippen LogP contribution in [0.1, 0.15) is 5.56 Å². The Kier molecular flexibility index (Phi) is 3.04. The molecule has 0 aliphatic carbocycles. The summed E-state index contributed by atoms with van der Waals surface area (Å²) < 4.78 is 24.7. The van der Waals surface area contributed by atoms with E-state index in [0.29, 0.717) is 0 Å². The number of anilines is 1. The molecule has 0 heterocycles. The lowest BCUT2D eigenvalue weighted by Crippen LogP contribution is -2.05. The summed E-state index contributed by atoms with van der Waals surface area (Å²) in [5, 5.41) is 8.80. The average Bonchev–Trinajstić information content (AvgIpc) is 2.40. The Morgan fingerprint density at radius 3 is 2.33 bits per heavy atom. The zero-order valence-corrected chi connectivity index (χ0v) is 10.2. The van der Waals surface area contributed by atoms with Gasteiger partial charge in [0.15, 0.2) is 0 Å². The molecule has 90 valence electrons. The molecule has 0 aliphatic rings. The lowest BCUT2D eigenvalue weighted by atomic mass is 10.2. The van der Waals surface area contributed by atoms with Crippen LogP contribution in [0.15, 0.2) is 58.3 Å². The molecule has 0 saturated carbocycles. The smallest absolute Gasteiger partial charge is 0.208 e. The highest BCUT2D eigenvalue weighted by atomic mass is 32.2. The molecule has 0 atom stereocenters. The summed E-state index contributed by atoms with van der Waals surface area (Å²) in [4.78, 5) is 0.125. The quantitative estimate of drug-likeness (QED) is 0.835. The summed E-state index contributed by atoms with van der Waals surface area (Å²) in [6.45, 7) is 0. The Bertz CT molecular complexity index is 716. The standard InChI is InChI=1S/C13H10N2O2S/c14-9-10-6-7-12(15)13(8-10)18(16,17)11-4-2-1-3-5-11/h1-8H,15H2. The van der Waals surface area contributed by atoms with E-state index in [2.05, 4.69) is 0 Å². The topological polar surface area (TPSA) is 83.9 Å². The summed E-state index contributed by atoms with van der Waals surface area (Å²) in [6.07, 6.45) is 0. The maximum absolute atomic E-state index is 12.3. The molecule has 2 N–H and O–H groups in total. The van der Waals surface area contributed by atoms with Gasteiger partial charge in [-0.25, -0.2) is 8.42 Å². The second kappa shape index (κ2) is 4.51. The van der Waals surface area contributed by atoms with Gasteiger partial charge in [-0.1, -0.05) is 18.2 Å². The largest absolute Gasteiger partial charge is 0.398 e. The fraction of sp³-hybridized carbons (Fsp3) is 0. The first-order valence-electron chi connectivity index (χ1n) is 5.15. The van der Waals surface area contributed by atoms with Gasteiger partial charge in [-0.2, -0.15) is 5.26 Å². The van der Waals surface area contributed by atoms with Crippen molar-refractivity contribution in [1.82, 2.24) is 0 Å². The van der Waals surface area contributed by atoms with Crippen molar-refractivity contribution in [2.75, 3.05) is 5.73 Å². The number of nitrogens with two attached hydrogens (primary N) is 1. The van der Waals surface area contributed by atoms with Crippen LogP contribution >= 0.6 is 0 Å². The van der Waals surface area contributed by atoms with Crippen molar-refractivity contribution < 1.29 is 8.42 Å². The van der Waals surface area contributed by atoms with Crippen LogP contribution in [0.2, 0.25) is 0 Å². The van der Waals surface area contributed by atoms with Crippen molar-refractivity contribution in [3.63, 3.8) is 0 Å². The number of nitrogens with zero attached hydrogens (tertiary/aromatic N) is 1. The first-order valence-corrected chi connectivity index (χ1v) is 6.64. The molecule has 0 bridgehead atoms. The Morgan fingerprint density at radius 2 is 1.72 bits per heavy atom. The highest BCUT2D eigenvalue weighted by Gasteiger charge is 2.20. The molecule has 18 heavy (non-hydrogen) atoms. The minimum Gasteiger partial charge on any atom is -0.398 e. The van der Waals surface area contributed by atoms with E-state index in [4.69, 9.17) is 11.0 Å². The van der Waals surface area contributed by atoms with Gasteiger partial charge in [0.25, 0.3) is 0 Å². The maximum Gasteiger partial charge on any atom is 0.208 e. The predicted molar refractivity (Wildman–Crippen MR) is 67.5 cm³/mol. The molecular weight excluding hydrogens is 248 g/mol. The third kappa shape index (κ3) is 2.06. The van der Waals surface area contributed by atoms with E-state index in [-0.39, 0.29) is 21.0 Å². The van der Waals surface area contributed by atoms with Gasteiger partial charge in [0.1, 0.15) is 0 Å². The Balaban J connectivity index is 2.66. The highest BCUT2D eigenvalue weighted by Crippen LogP contribution is 2.26. The van der Waals surface area contributed by atoms with Crippen molar-refractivity contribution in [2.45, 2.75) is 9.79 Å². The zero-order valence-electron chi connectivity index (χ0n) is 9.37. The van der Waals surface area contributed by atoms with Gasteiger partial charge in [-0.3, -0.25) is 0 Å². The number of nitrogen functional groups attached to an aromatic ring is 1.